The Bertz CT molecular complexity index is 729. The fourth-order valence-electron chi connectivity index (χ4n) is 6.98. The maximum absolute atomic E-state index is 12.6. The number of hydrogen-bond acceptors (Lipinski definition) is 2. The van der Waals surface area contributed by atoms with E-state index in [0.717, 1.165) is 23.4 Å². The van der Waals surface area contributed by atoms with Gasteiger partial charge in [0.15, 0.2) is 0 Å². The first-order chi connectivity index (χ1) is 13.5. The average Bonchev–Trinajstić information content (AvgIpc) is 2.67. The van der Waals surface area contributed by atoms with Gasteiger partial charge >= 0.3 is 6.03 Å². The van der Waals surface area contributed by atoms with Gasteiger partial charge in [0.1, 0.15) is 0 Å². The minimum atomic E-state index is -0.390. The summed E-state index contributed by atoms with van der Waals surface area (Å²) in [5.41, 5.74) is 8.09. The number of benzene rings is 1. The van der Waals surface area contributed by atoms with Gasteiger partial charge in [-0.15, -0.1) is 0 Å². The monoisotopic (exact) mass is 381 g/mol. The molecule has 5 nitrogen and oxygen atoms in total. The number of rotatable bonds is 3. The third kappa shape index (κ3) is 3.19. The lowest BCUT2D eigenvalue weighted by Crippen LogP contribution is -2.48. The van der Waals surface area contributed by atoms with Crippen LogP contribution in [0.4, 0.5) is 10.5 Å². The third-order valence-electron chi connectivity index (χ3n) is 7.98. The van der Waals surface area contributed by atoms with Crippen LogP contribution in [0.2, 0.25) is 0 Å². The van der Waals surface area contributed by atoms with E-state index < -0.39 is 0 Å². The molecule has 5 aliphatic rings. The number of piperidine rings is 1. The summed E-state index contributed by atoms with van der Waals surface area (Å²) in [4.78, 5) is 25.5. The van der Waals surface area contributed by atoms with Crippen LogP contribution < -0.4 is 11.1 Å². The highest BCUT2D eigenvalue weighted by Gasteiger charge is 2.51. The Hall–Kier alpha value is -2.04. The van der Waals surface area contributed by atoms with E-state index >= 15 is 0 Å². The number of urea groups is 1. The second-order valence-corrected chi connectivity index (χ2v) is 9.86. The molecule has 1 aromatic rings. The predicted octanol–water partition coefficient (Wildman–Crippen LogP) is 3.88. The molecule has 0 atom stereocenters. The Kier molecular flexibility index (Phi) is 4.37. The first-order valence-electron chi connectivity index (χ1n) is 11.0. The molecule has 28 heavy (non-hydrogen) atoms. The van der Waals surface area contributed by atoms with E-state index in [1.807, 2.05) is 0 Å². The molecule has 6 rings (SSSR count). The van der Waals surface area contributed by atoms with Crippen molar-refractivity contribution in [1.82, 2.24) is 4.90 Å². The number of nitrogens with one attached hydrogen (secondary N) is 1. The van der Waals surface area contributed by atoms with Gasteiger partial charge in [-0.2, -0.15) is 0 Å². The van der Waals surface area contributed by atoms with Crippen molar-refractivity contribution in [3.63, 3.8) is 0 Å². The molecule has 1 aliphatic heterocycles. The molecule has 3 amide bonds. The molecular weight excluding hydrogens is 350 g/mol. The van der Waals surface area contributed by atoms with Crippen molar-refractivity contribution >= 4 is 17.6 Å². The summed E-state index contributed by atoms with van der Waals surface area (Å²) in [6.45, 7) is 1.14. The fraction of sp³-hybridized carbons (Fsp3) is 0.652. The minimum Gasteiger partial charge on any atom is -0.351 e. The highest BCUT2D eigenvalue weighted by atomic mass is 16.2. The molecule has 4 bridgehead atoms. The number of amides is 3. The normalized spacial score (nSPS) is 34.4. The van der Waals surface area contributed by atoms with Gasteiger partial charge in [0.25, 0.3) is 0 Å². The van der Waals surface area contributed by atoms with Crippen molar-refractivity contribution in [2.75, 3.05) is 18.4 Å². The molecule has 3 N–H and O–H groups in total. The van der Waals surface area contributed by atoms with Gasteiger partial charge in [-0.3, -0.25) is 4.79 Å². The Morgan fingerprint density at radius 1 is 0.929 bits per heavy atom. The molecular formula is C23H31N3O2. The molecule has 0 radical (unpaired) electrons. The lowest BCUT2D eigenvalue weighted by Gasteiger charge is -2.57. The van der Waals surface area contributed by atoms with E-state index in [4.69, 9.17) is 5.73 Å². The van der Waals surface area contributed by atoms with Crippen LogP contribution in [0.5, 0.6) is 0 Å². The van der Waals surface area contributed by atoms with Crippen LogP contribution in [0.1, 0.15) is 56.9 Å². The van der Waals surface area contributed by atoms with E-state index in [1.54, 1.807) is 4.90 Å². The van der Waals surface area contributed by atoms with E-state index in [2.05, 4.69) is 29.6 Å². The molecule has 4 saturated carbocycles. The van der Waals surface area contributed by atoms with Crippen LogP contribution in [0.25, 0.3) is 0 Å². The molecule has 1 heterocycles. The number of primary amides is 1. The van der Waals surface area contributed by atoms with Crippen LogP contribution >= 0.6 is 0 Å². The Labute approximate surface area is 167 Å². The summed E-state index contributed by atoms with van der Waals surface area (Å²) in [5.74, 6) is 2.84. The van der Waals surface area contributed by atoms with E-state index in [0.29, 0.717) is 31.3 Å². The zero-order valence-corrected chi connectivity index (χ0v) is 16.5. The topological polar surface area (TPSA) is 75.4 Å². The number of anilines is 1. The van der Waals surface area contributed by atoms with Gasteiger partial charge in [-0.1, -0.05) is 12.1 Å². The van der Waals surface area contributed by atoms with Gasteiger partial charge in [0.05, 0.1) is 0 Å². The van der Waals surface area contributed by atoms with Gasteiger partial charge in [0.2, 0.25) is 5.91 Å². The Morgan fingerprint density at radius 2 is 1.46 bits per heavy atom. The molecule has 1 saturated heterocycles. The number of hydrogen-bond donors (Lipinski definition) is 2. The zero-order chi connectivity index (χ0) is 19.3. The average molecular weight is 382 g/mol. The van der Waals surface area contributed by atoms with E-state index in [9.17, 15) is 9.59 Å². The van der Waals surface area contributed by atoms with Gasteiger partial charge in [-0.05, 0) is 92.2 Å². The van der Waals surface area contributed by atoms with Crippen molar-refractivity contribution < 1.29 is 9.59 Å². The highest BCUT2D eigenvalue weighted by molar-refractivity contribution is 5.92. The van der Waals surface area contributed by atoms with Crippen LogP contribution in [-0.2, 0) is 10.2 Å². The minimum absolute atomic E-state index is 0.0431. The number of carbonyl (C=O) groups excluding carboxylic acids is 2. The lowest BCUT2D eigenvalue weighted by molar-refractivity contribution is -0.121. The number of nitrogens with zero attached hydrogens (tertiary/aromatic N) is 1. The molecule has 1 aromatic carbocycles. The van der Waals surface area contributed by atoms with Crippen molar-refractivity contribution in [2.24, 2.45) is 29.4 Å². The number of likely N-dealkylation sites (tertiary alicyclic amines) is 1. The van der Waals surface area contributed by atoms with Crippen LogP contribution in [-0.4, -0.2) is 29.9 Å². The summed E-state index contributed by atoms with van der Waals surface area (Å²) < 4.78 is 0. The van der Waals surface area contributed by atoms with Crippen molar-refractivity contribution in [3.05, 3.63) is 29.8 Å². The molecule has 5 fully saturated rings. The van der Waals surface area contributed by atoms with Gasteiger partial charge in [0, 0.05) is 24.7 Å². The SMILES string of the molecule is NC(=O)N1CCC(C(=O)Nc2ccc(C34CC5CC(CC(C5)C3)C4)cc2)CC1. The van der Waals surface area contributed by atoms with E-state index in [1.165, 1.54) is 44.1 Å². The predicted molar refractivity (Wildman–Crippen MR) is 109 cm³/mol. The maximum atomic E-state index is 12.6. The number of carbonyl (C=O) groups is 2. The van der Waals surface area contributed by atoms with Crippen molar-refractivity contribution in [3.8, 4) is 0 Å². The second-order valence-electron chi connectivity index (χ2n) is 9.86. The second kappa shape index (κ2) is 6.78. The summed E-state index contributed by atoms with van der Waals surface area (Å²) >= 11 is 0. The molecule has 0 unspecified atom stereocenters. The van der Waals surface area contributed by atoms with Crippen LogP contribution in [0.15, 0.2) is 24.3 Å². The third-order valence-corrected chi connectivity index (χ3v) is 7.98. The largest absolute Gasteiger partial charge is 0.351 e. The molecule has 5 heteroatoms. The summed E-state index contributed by atoms with van der Waals surface area (Å²) in [5, 5.41) is 3.08. The lowest BCUT2D eigenvalue weighted by atomic mass is 9.48. The van der Waals surface area contributed by atoms with Gasteiger partial charge < -0.3 is 16.0 Å². The van der Waals surface area contributed by atoms with Crippen LogP contribution in [0, 0.1) is 23.7 Å². The smallest absolute Gasteiger partial charge is 0.314 e. The molecule has 4 aliphatic carbocycles. The van der Waals surface area contributed by atoms with Gasteiger partial charge in [-0.25, -0.2) is 4.79 Å². The summed E-state index contributed by atoms with van der Waals surface area (Å²) in [7, 11) is 0. The Morgan fingerprint density at radius 3 is 1.96 bits per heavy atom. The van der Waals surface area contributed by atoms with Crippen molar-refractivity contribution in [2.45, 2.75) is 56.8 Å². The summed E-state index contributed by atoms with van der Waals surface area (Å²) in [6, 6.07) is 8.31. The standard InChI is InChI=1S/C23H31N3O2/c24-22(28)26-7-5-18(6-8-26)21(27)25-20-3-1-19(2-4-20)23-12-15-9-16(13-23)11-17(10-15)14-23/h1-4,15-18H,5-14H2,(H2,24,28)(H,25,27). The summed E-state index contributed by atoms with van der Waals surface area (Å²) in [6.07, 6.45) is 9.83. The molecule has 0 spiro atoms. The maximum Gasteiger partial charge on any atom is 0.314 e. The quantitative estimate of drug-likeness (QED) is 0.834. The Balaban J connectivity index is 1.23. The van der Waals surface area contributed by atoms with Crippen LogP contribution in [0.3, 0.4) is 0 Å². The highest BCUT2D eigenvalue weighted by Crippen LogP contribution is 2.60. The first-order valence-corrected chi connectivity index (χ1v) is 11.0. The molecule has 0 aromatic heterocycles. The van der Waals surface area contributed by atoms with Crippen molar-refractivity contribution in [1.29, 1.82) is 0 Å². The fourth-order valence-corrected chi connectivity index (χ4v) is 6.98. The molecule has 150 valence electrons. The zero-order valence-electron chi connectivity index (χ0n) is 16.5. The number of nitrogens with two attached hydrogens (primary N) is 1. The van der Waals surface area contributed by atoms with E-state index in [-0.39, 0.29) is 17.9 Å². The first kappa shape index (κ1) is 18.0.